The Hall–Kier alpha value is -1.98. The number of anilines is 2. The number of rotatable bonds is 9. The van der Waals surface area contributed by atoms with E-state index in [9.17, 15) is 39.6 Å². The van der Waals surface area contributed by atoms with Crippen LogP contribution in [0, 0.1) is 23.7 Å². The van der Waals surface area contributed by atoms with Gasteiger partial charge >= 0.3 is 24.8 Å². The molecule has 0 aliphatic heterocycles. The van der Waals surface area contributed by atoms with Crippen molar-refractivity contribution < 1.29 is 58.5 Å². The van der Waals surface area contributed by atoms with Crippen LogP contribution in [0.5, 0.6) is 0 Å². The van der Waals surface area contributed by atoms with Crippen molar-refractivity contribution in [2.45, 2.75) is 167 Å². The van der Waals surface area contributed by atoms with Gasteiger partial charge in [0.1, 0.15) is 4.88 Å². The second kappa shape index (κ2) is 21.7. The van der Waals surface area contributed by atoms with E-state index in [1.807, 2.05) is 11.0 Å². The minimum atomic E-state index is -1.25. The van der Waals surface area contributed by atoms with Crippen molar-refractivity contribution in [1.82, 2.24) is 0 Å². The average Bonchev–Trinajstić information content (AvgIpc) is 3.82. The molecule has 0 saturated heterocycles. The van der Waals surface area contributed by atoms with Gasteiger partial charge in [0, 0.05) is 28.8 Å². The van der Waals surface area contributed by atoms with Gasteiger partial charge in [-0.25, -0.2) is 4.79 Å². The summed E-state index contributed by atoms with van der Waals surface area (Å²) in [5.74, 6) is -0.846. The third-order valence-electron chi connectivity index (χ3n) is 13.2. The van der Waals surface area contributed by atoms with Crippen LogP contribution < -0.4 is 33.8 Å². The maximum atomic E-state index is 13.8. The van der Waals surface area contributed by atoms with Gasteiger partial charge in [0.2, 0.25) is 11.8 Å². The molecule has 0 radical (unpaired) electrons. The number of aliphatic hydroxyl groups is 2. The van der Waals surface area contributed by atoms with E-state index < -0.39 is 11.9 Å². The Morgan fingerprint density at radius 2 is 1.14 bits per heavy atom. The van der Waals surface area contributed by atoms with Gasteiger partial charge in [-0.3, -0.25) is 9.59 Å². The number of carboxylic acids is 2. The van der Waals surface area contributed by atoms with E-state index >= 15 is 0 Å². The number of carbonyl (C=O) groups is 4. The second-order valence-electron chi connectivity index (χ2n) is 17.4. The van der Waals surface area contributed by atoms with Gasteiger partial charge in [0.05, 0.1) is 38.2 Å². The van der Waals surface area contributed by atoms with E-state index in [1.54, 1.807) is 11.0 Å². The topological polar surface area (TPSA) is 159 Å². The minimum absolute atomic E-state index is 0. The summed E-state index contributed by atoms with van der Waals surface area (Å²) in [6.45, 7) is 4.46. The number of halogens is 1. The third kappa shape index (κ3) is 11.7. The maximum Gasteiger partial charge on any atom is 1.00 e. The first-order valence-electron chi connectivity index (χ1n) is 21.4. The quantitative estimate of drug-likeness (QED) is 0.251. The van der Waals surface area contributed by atoms with Crippen LogP contribution in [-0.4, -0.2) is 63.4 Å². The van der Waals surface area contributed by atoms with Gasteiger partial charge in [0.15, 0.2) is 0 Å². The molecule has 3 N–H and O–H groups in total. The average molecular weight is 896 g/mol. The van der Waals surface area contributed by atoms with Crippen LogP contribution in [0.4, 0.5) is 11.4 Å². The first-order valence-corrected chi connectivity index (χ1v) is 23.8. The van der Waals surface area contributed by atoms with Gasteiger partial charge in [-0.2, -0.15) is 0 Å². The molecule has 0 spiro atoms. The van der Waals surface area contributed by atoms with E-state index in [-0.39, 0.29) is 76.6 Å². The molecule has 2 aromatic heterocycles. The van der Waals surface area contributed by atoms with Crippen molar-refractivity contribution in [3.63, 3.8) is 0 Å². The Morgan fingerprint density at radius 3 is 1.55 bits per heavy atom. The van der Waals surface area contributed by atoms with Crippen molar-refractivity contribution in [3.05, 3.63) is 36.6 Å². The standard InChI is InChI=1S/C25H35NO4S.C19H26BrNO4S.Li/c1-16-7-9-18(10-8-16)24(28)26(19-11-13-20(27)14-12-19)21-15-22(31-23(21)25(29)30)17-5-3-2-4-6-17;1-11-2-4-12(5-3-11)18(23)21(13-6-8-14(22)9-7-13)15-10-16(20)26-17(15)19(24)25;/h5,15-16,18-20,27H,2-4,6-14H2,1H3,(H,29,30);10-14,22H,2-9H2,1H3,(H,24,25);/q;;+1/p-1. The van der Waals surface area contributed by atoms with Crippen molar-refractivity contribution in [2.24, 2.45) is 23.7 Å². The zero-order valence-corrected chi connectivity index (χ0v) is 37.7. The molecule has 5 aliphatic carbocycles. The summed E-state index contributed by atoms with van der Waals surface area (Å²) < 4.78 is 0.678. The molecule has 2 amide bonds. The molecule has 4 fully saturated rings. The summed E-state index contributed by atoms with van der Waals surface area (Å²) in [5.41, 5.74) is 2.26. The molecule has 2 heterocycles. The van der Waals surface area contributed by atoms with Crippen LogP contribution in [0.15, 0.2) is 22.0 Å². The van der Waals surface area contributed by atoms with Crippen LogP contribution in [0.1, 0.15) is 166 Å². The molecule has 14 heteroatoms. The fourth-order valence-corrected chi connectivity index (χ4v) is 12.1. The van der Waals surface area contributed by atoms with Gasteiger partial charge < -0.3 is 35.0 Å². The SMILES string of the molecule is CC1CCC(C(=O)N(c2cc(Br)sc2C(=O)[O-])C2CCC(O)CC2)CC1.CC1CCC(C(=O)N(c2cc(C3=CCCCC3)sc2C(=O)O)C2CCC(O)CC2)CC1.[Li+]. The number of aromatic carboxylic acids is 2. The van der Waals surface area contributed by atoms with Crippen LogP contribution in [0.2, 0.25) is 0 Å². The van der Waals surface area contributed by atoms with E-state index in [0.717, 1.165) is 99.7 Å². The summed E-state index contributed by atoms with van der Waals surface area (Å²) in [7, 11) is 0. The largest absolute Gasteiger partial charge is 1.00 e. The fraction of sp³-hybridized carbons (Fsp3) is 0.682. The van der Waals surface area contributed by atoms with E-state index in [2.05, 4.69) is 35.9 Å². The van der Waals surface area contributed by atoms with Crippen molar-refractivity contribution >= 4 is 79.3 Å². The molecule has 58 heavy (non-hydrogen) atoms. The van der Waals surface area contributed by atoms with Gasteiger partial charge in [0.25, 0.3) is 0 Å². The Morgan fingerprint density at radius 1 is 0.672 bits per heavy atom. The van der Waals surface area contributed by atoms with Crippen molar-refractivity contribution in [2.75, 3.05) is 9.80 Å². The predicted molar refractivity (Wildman–Crippen MR) is 228 cm³/mol. The van der Waals surface area contributed by atoms with Crippen molar-refractivity contribution in [3.8, 4) is 0 Å². The number of aliphatic hydroxyl groups excluding tert-OH is 2. The number of hydrogen-bond acceptors (Lipinski definition) is 9. The number of thiophene rings is 2. The summed E-state index contributed by atoms with van der Waals surface area (Å²) in [4.78, 5) is 56.0. The molecule has 5 aliphatic rings. The first-order chi connectivity index (χ1) is 27.3. The van der Waals surface area contributed by atoms with Crippen LogP contribution in [0.3, 0.4) is 0 Å². The normalized spacial score (nSPS) is 28.8. The molecule has 0 bridgehead atoms. The molecule has 4 saturated carbocycles. The van der Waals surface area contributed by atoms with Crippen LogP contribution in [0.25, 0.3) is 5.57 Å². The summed E-state index contributed by atoms with van der Waals surface area (Å²) in [6, 6.07) is 3.60. The Balaban J connectivity index is 0.000000221. The zero-order valence-electron chi connectivity index (χ0n) is 34.5. The Labute approximate surface area is 372 Å². The smallest absolute Gasteiger partial charge is 0.544 e. The number of carboxylic acid groups (broad SMARTS) is 2. The van der Waals surface area contributed by atoms with Gasteiger partial charge in [-0.05, 0) is 174 Å². The molecule has 10 nitrogen and oxygen atoms in total. The van der Waals surface area contributed by atoms with E-state index in [4.69, 9.17) is 0 Å². The van der Waals surface area contributed by atoms with Crippen molar-refractivity contribution in [1.29, 1.82) is 0 Å². The molecule has 0 aromatic carbocycles. The van der Waals surface area contributed by atoms with E-state index in [1.165, 1.54) is 23.3 Å². The predicted octanol–water partition coefficient (Wildman–Crippen LogP) is 6.21. The van der Waals surface area contributed by atoms with E-state index in [0.29, 0.717) is 65.5 Å². The first kappa shape index (κ1) is 47.1. The molecular weight excluding hydrogens is 835 g/mol. The number of allylic oxidation sites excluding steroid dienone is 2. The monoisotopic (exact) mass is 894 g/mol. The Bertz CT molecular complexity index is 1750. The number of hydrogen-bond donors (Lipinski definition) is 3. The number of amides is 2. The second-order valence-corrected chi connectivity index (χ2v) is 20.9. The number of nitrogens with zero attached hydrogens (tertiary/aromatic N) is 2. The molecule has 2 aromatic rings. The van der Waals surface area contributed by atoms with Crippen LogP contribution >= 0.6 is 38.6 Å². The van der Waals surface area contributed by atoms with Crippen LogP contribution in [-0.2, 0) is 9.59 Å². The summed E-state index contributed by atoms with van der Waals surface area (Å²) in [6.07, 6.45) is 19.0. The third-order valence-corrected chi connectivity index (χ3v) is 16.0. The summed E-state index contributed by atoms with van der Waals surface area (Å²) >= 11 is 5.77. The zero-order chi connectivity index (χ0) is 40.8. The number of carbonyl (C=O) groups excluding carboxylic acids is 3. The summed E-state index contributed by atoms with van der Waals surface area (Å²) in [5, 5.41) is 41.5. The fourth-order valence-electron chi connectivity index (χ4n) is 9.64. The van der Waals surface area contributed by atoms with Gasteiger partial charge in [-0.1, -0.05) is 19.9 Å². The molecular formula is C44H60BrLiN2O8S2. The molecule has 0 atom stereocenters. The Kier molecular flexibility index (Phi) is 17.6. The molecule has 7 rings (SSSR count). The molecule has 314 valence electrons. The minimum Gasteiger partial charge on any atom is -0.544 e. The molecule has 0 unspecified atom stereocenters. The van der Waals surface area contributed by atoms with Gasteiger partial charge in [-0.15, -0.1) is 22.7 Å². The maximum absolute atomic E-state index is 13.8.